The molecule has 2 bridgehead atoms. The molecule has 1 unspecified atom stereocenters. The highest BCUT2D eigenvalue weighted by Gasteiger charge is 2.50. The summed E-state index contributed by atoms with van der Waals surface area (Å²) in [6.07, 6.45) is 6.45. The fraction of sp³-hybridized carbons (Fsp3) is 0.455. The quantitative estimate of drug-likeness (QED) is 0.884. The summed E-state index contributed by atoms with van der Waals surface area (Å²) in [6.45, 7) is 6.02. The zero-order chi connectivity index (χ0) is 18.3. The number of amides is 1. The van der Waals surface area contributed by atoms with E-state index in [1.807, 2.05) is 51.2 Å². The van der Waals surface area contributed by atoms with Crippen LogP contribution < -0.4 is 10.6 Å². The summed E-state index contributed by atoms with van der Waals surface area (Å²) in [5.74, 6) is 0.0200. The lowest BCUT2D eigenvalue weighted by atomic mass is 9.78. The number of carbonyl (C=O) groups is 1. The Morgan fingerprint density at radius 3 is 2.46 bits per heavy atom. The van der Waals surface area contributed by atoms with Gasteiger partial charge in [0.2, 0.25) is 0 Å². The summed E-state index contributed by atoms with van der Waals surface area (Å²) >= 11 is 0. The molecule has 0 radical (unpaired) electrons. The molecule has 0 aliphatic carbocycles. The van der Waals surface area contributed by atoms with Gasteiger partial charge in [-0.25, -0.2) is 0 Å². The Labute approximate surface area is 155 Å². The van der Waals surface area contributed by atoms with Crippen LogP contribution in [0.1, 0.15) is 64.5 Å². The molecule has 4 rings (SSSR count). The second kappa shape index (κ2) is 6.51. The Morgan fingerprint density at radius 2 is 1.88 bits per heavy atom. The van der Waals surface area contributed by atoms with E-state index in [1.165, 1.54) is 12.8 Å². The summed E-state index contributed by atoms with van der Waals surface area (Å²) in [4.78, 5) is 17.6. The molecule has 1 atom stereocenters. The number of nitrogens with zero attached hydrogens (tertiary/aromatic N) is 1. The van der Waals surface area contributed by atoms with Crippen LogP contribution in [-0.2, 0) is 0 Å². The maximum Gasteiger partial charge on any atom is 0.252 e. The first kappa shape index (κ1) is 17.2. The predicted octanol–water partition coefficient (Wildman–Crippen LogP) is 3.76. The van der Waals surface area contributed by atoms with E-state index >= 15 is 0 Å². The van der Waals surface area contributed by atoms with Gasteiger partial charge in [-0.1, -0.05) is 18.2 Å². The molecule has 0 saturated carbocycles. The highest BCUT2D eigenvalue weighted by molar-refractivity contribution is 5.97. The van der Waals surface area contributed by atoms with Crippen LogP contribution in [0.15, 0.2) is 36.5 Å². The Kier molecular flexibility index (Phi) is 4.31. The van der Waals surface area contributed by atoms with Gasteiger partial charge in [0.05, 0.1) is 6.04 Å². The first-order chi connectivity index (χ1) is 12.5. The van der Waals surface area contributed by atoms with Crippen molar-refractivity contribution in [2.24, 2.45) is 0 Å². The van der Waals surface area contributed by atoms with Crippen LogP contribution in [0.5, 0.6) is 0 Å². The van der Waals surface area contributed by atoms with Crippen LogP contribution >= 0.6 is 0 Å². The van der Waals surface area contributed by atoms with Crippen molar-refractivity contribution in [3.05, 3.63) is 64.5 Å². The molecule has 2 fully saturated rings. The maximum atomic E-state index is 13.2. The van der Waals surface area contributed by atoms with Crippen molar-refractivity contribution < 1.29 is 4.79 Å². The standard InChI is InChI=1S/C22H27N3O/c1-14-5-4-6-15(2)19(14)21(26)24-20(17-9-12-23-16(3)13-17)22-10-7-18(25-22)8-11-22/h4-6,9,12-13,18,20,25H,7-8,10-11H2,1-3H3,(H,24,26). The summed E-state index contributed by atoms with van der Waals surface area (Å²) < 4.78 is 0. The highest BCUT2D eigenvalue weighted by atomic mass is 16.1. The molecular formula is C22H27N3O. The van der Waals surface area contributed by atoms with Crippen molar-refractivity contribution in [3.63, 3.8) is 0 Å². The van der Waals surface area contributed by atoms with Crippen molar-refractivity contribution in [1.82, 2.24) is 15.6 Å². The van der Waals surface area contributed by atoms with Crippen LogP contribution in [0.4, 0.5) is 0 Å². The summed E-state index contributed by atoms with van der Waals surface area (Å²) in [5, 5.41) is 7.20. The largest absolute Gasteiger partial charge is 0.343 e. The molecule has 0 spiro atoms. The Bertz CT molecular complexity index is 817. The monoisotopic (exact) mass is 349 g/mol. The third-order valence-electron chi connectivity index (χ3n) is 6.16. The van der Waals surface area contributed by atoms with E-state index in [9.17, 15) is 4.79 Å². The molecule has 4 heteroatoms. The zero-order valence-electron chi connectivity index (χ0n) is 15.8. The third kappa shape index (κ3) is 2.92. The molecule has 1 amide bonds. The SMILES string of the molecule is Cc1cc(C(NC(=O)c2c(C)cccc2C)C23CCC(CC2)N3)ccn1. The minimum absolute atomic E-state index is 0.0200. The fourth-order valence-electron chi connectivity index (χ4n) is 4.86. The molecule has 2 aromatic rings. The van der Waals surface area contributed by atoms with Crippen molar-refractivity contribution in [2.45, 2.75) is 64.1 Å². The van der Waals surface area contributed by atoms with Gasteiger partial charge < -0.3 is 10.6 Å². The molecule has 26 heavy (non-hydrogen) atoms. The van der Waals surface area contributed by atoms with Crippen molar-refractivity contribution >= 4 is 5.91 Å². The average molecular weight is 349 g/mol. The number of fused-ring (bicyclic) bond motifs is 2. The van der Waals surface area contributed by atoms with E-state index in [1.54, 1.807) is 0 Å². The van der Waals surface area contributed by atoms with Crippen LogP contribution in [0, 0.1) is 20.8 Å². The zero-order valence-corrected chi connectivity index (χ0v) is 15.8. The maximum absolute atomic E-state index is 13.2. The Morgan fingerprint density at radius 1 is 1.19 bits per heavy atom. The summed E-state index contributed by atoms with van der Waals surface area (Å²) in [7, 11) is 0. The van der Waals surface area contributed by atoms with Gasteiger partial charge in [-0.3, -0.25) is 9.78 Å². The minimum Gasteiger partial charge on any atom is -0.343 e. The van der Waals surface area contributed by atoms with E-state index in [0.29, 0.717) is 6.04 Å². The van der Waals surface area contributed by atoms with Gasteiger partial charge in [0.15, 0.2) is 0 Å². The molecule has 2 N–H and O–H groups in total. The van der Waals surface area contributed by atoms with Gasteiger partial charge in [0.1, 0.15) is 0 Å². The van der Waals surface area contributed by atoms with Crippen LogP contribution in [-0.4, -0.2) is 22.5 Å². The number of carbonyl (C=O) groups excluding carboxylic acids is 1. The van der Waals surface area contributed by atoms with Gasteiger partial charge >= 0.3 is 0 Å². The van der Waals surface area contributed by atoms with Crippen LogP contribution in [0.3, 0.4) is 0 Å². The molecule has 1 aromatic carbocycles. The third-order valence-corrected chi connectivity index (χ3v) is 6.16. The number of pyridine rings is 1. The number of rotatable bonds is 4. The smallest absolute Gasteiger partial charge is 0.252 e. The summed E-state index contributed by atoms with van der Waals surface area (Å²) in [5.41, 5.74) is 4.93. The van der Waals surface area contributed by atoms with E-state index in [2.05, 4.69) is 21.7 Å². The molecule has 1 aromatic heterocycles. The van der Waals surface area contributed by atoms with Gasteiger partial charge in [-0.15, -0.1) is 0 Å². The second-order valence-electron chi connectivity index (χ2n) is 7.98. The van der Waals surface area contributed by atoms with Crippen molar-refractivity contribution in [3.8, 4) is 0 Å². The van der Waals surface area contributed by atoms with Gasteiger partial charge in [-0.05, 0) is 75.3 Å². The van der Waals surface area contributed by atoms with E-state index in [-0.39, 0.29) is 17.5 Å². The first-order valence-corrected chi connectivity index (χ1v) is 9.56. The average Bonchev–Trinajstić information content (AvgIpc) is 3.21. The summed E-state index contributed by atoms with van der Waals surface area (Å²) in [6, 6.07) is 10.7. The number of benzene rings is 1. The molecule has 2 aliphatic rings. The number of hydrogen-bond donors (Lipinski definition) is 2. The minimum atomic E-state index is -0.0387. The predicted molar refractivity (Wildman–Crippen MR) is 103 cm³/mol. The van der Waals surface area contributed by atoms with Crippen molar-refractivity contribution in [1.29, 1.82) is 0 Å². The topological polar surface area (TPSA) is 54.0 Å². The Balaban J connectivity index is 1.71. The van der Waals surface area contributed by atoms with Gasteiger partial charge in [0, 0.05) is 29.0 Å². The van der Waals surface area contributed by atoms with Crippen LogP contribution in [0.2, 0.25) is 0 Å². The number of aromatic nitrogens is 1. The molecule has 4 nitrogen and oxygen atoms in total. The number of aryl methyl sites for hydroxylation is 3. The molecule has 136 valence electrons. The van der Waals surface area contributed by atoms with Crippen LogP contribution in [0.25, 0.3) is 0 Å². The van der Waals surface area contributed by atoms with Gasteiger partial charge in [-0.2, -0.15) is 0 Å². The molecule has 2 saturated heterocycles. The lowest BCUT2D eigenvalue weighted by molar-refractivity contribution is 0.0906. The van der Waals surface area contributed by atoms with E-state index in [4.69, 9.17) is 0 Å². The second-order valence-corrected chi connectivity index (χ2v) is 7.98. The molecular weight excluding hydrogens is 322 g/mol. The normalized spacial score (nSPS) is 25.3. The number of nitrogens with one attached hydrogen (secondary N) is 2. The first-order valence-electron chi connectivity index (χ1n) is 9.56. The lowest BCUT2D eigenvalue weighted by Gasteiger charge is -2.37. The van der Waals surface area contributed by atoms with Crippen molar-refractivity contribution in [2.75, 3.05) is 0 Å². The molecule has 3 heterocycles. The molecule has 2 aliphatic heterocycles. The number of hydrogen-bond acceptors (Lipinski definition) is 3. The fourth-order valence-corrected chi connectivity index (χ4v) is 4.86. The highest BCUT2D eigenvalue weighted by Crippen LogP contribution is 2.45. The van der Waals surface area contributed by atoms with E-state index < -0.39 is 0 Å². The Hall–Kier alpha value is -2.20. The van der Waals surface area contributed by atoms with Gasteiger partial charge in [0.25, 0.3) is 5.91 Å². The lowest BCUT2D eigenvalue weighted by Crippen LogP contribution is -2.50. The van der Waals surface area contributed by atoms with E-state index in [0.717, 1.165) is 40.8 Å².